The fourth-order valence-corrected chi connectivity index (χ4v) is 2.34. The molecular weight excluding hydrogens is 250 g/mol. The van der Waals surface area contributed by atoms with Crippen molar-refractivity contribution in [2.24, 2.45) is 0 Å². The first-order valence-corrected chi connectivity index (χ1v) is 6.93. The number of carbonyl (C=O) groups is 1. The lowest BCUT2D eigenvalue weighted by Gasteiger charge is -2.27. The van der Waals surface area contributed by atoms with E-state index in [-0.39, 0.29) is 5.97 Å². The van der Waals surface area contributed by atoms with Crippen LogP contribution < -0.4 is 5.32 Å². The molecule has 0 saturated heterocycles. The number of likely N-dealkylation sites (N-methyl/N-ethyl adjacent to an activating group) is 1. The molecule has 1 N–H and O–H groups in total. The van der Waals surface area contributed by atoms with Crippen LogP contribution in [0.3, 0.4) is 0 Å². The molecule has 0 amide bonds. The Labute approximate surface area is 112 Å². The fourth-order valence-electron chi connectivity index (χ4n) is 1.43. The van der Waals surface area contributed by atoms with Gasteiger partial charge in [-0.3, -0.25) is 4.79 Å². The summed E-state index contributed by atoms with van der Waals surface area (Å²) < 4.78 is 5.09. The average molecular weight is 269 g/mol. The summed E-state index contributed by atoms with van der Waals surface area (Å²) in [6, 6.07) is 1.76. The van der Waals surface area contributed by atoms with Gasteiger partial charge in [0.2, 0.25) is 0 Å². The first-order chi connectivity index (χ1) is 8.62. The highest BCUT2D eigenvalue weighted by Crippen LogP contribution is 2.20. The molecule has 0 aliphatic rings. The van der Waals surface area contributed by atoms with Crippen molar-refractivity contribution in [2.45, 2.75) is 31.5 Å². The third-order valence-electron chi connectivity index (χ3n) is 2.32. The lowest BCUT2D eigenvalue weighted by Crippen LogP contribution is -2.52. The molecule has 0 bridgehead atoms. The molecule has 100 valence electrons. The van der Waals surface area contributed by atoms with Gasteiger partial charge in [-0.25, -0.2) is 9.97 Å². The molecule has 5 nitrogen and oxygen atoms in total. The molecular formula is C12H19N3O2S. The maximum absolute atomic E-state index is 11.9. The lowest BCUT2D eigenvalue weighted by atomic mass is 10.1. The van der Waals surface area contributed by atoms with Crippen LogP contribution in [0.15, 0.2) is 23.6 Å². The maximum atomic E-state index is 11.9. The third kappa shape index (κ3) is 4.27. The summed E-state index contributed by atoms with van der Waals surface area (Å²) in [6.45, 7) is 6.68. The van der Waals surface area contributed by atoms with Gasteiger partial charge < -0.3 is 10.1 Å². The molecule has 0 spiro atoms. The normalized spacial score (nSPS) is 13.9. The second kappa shape index (κ2) is 7.33. The SMILES string of the molecule is CCNC(C)(CSc1ncccn1)C(=O)OCC. The van der Waals surface area contributed by atoms with Crippen molar-refractivity contribution in [3.8, 4) is 0 Å². The first-order valence-electron chi connectivity index (χ1n) is 5.94. The number of rotatable bonds is 7. The van der Waals surface area contributed by atoms with E-state index in [1.807, 2.05) is 13.8 Å². The Morgan fingerprint density at radius 1 is 1.44 bits per heavy atom. The van der Waals surface area contributed by atoms with Gasteiger partial charge in [-0.15, -0.1) is 0 Å². The number of nitrogens with one attached hydrogen (secondary N) is 1. The van der Waals surface area contributed by atoms with Crippen LogP contribution >= 0.6 is 11.8 Å². The molecule has 0 aliphatic heterocycles. The number of thioether (sulfide) groups is 1. The first kappa shape index (κ1) is 14.9. The predicted molar refractivity (Wildman–Crippen MR) is 71.5 cm³/mol. The van der Waals surface area contributed by atoms with E-state index in [9.17, 15) is 4.79 Å². The molecule has 1 aromatic rings. The van der Waals surface area contributed by atoms with E-state index in [2.05, 4.69) is 15.3 Å². The van der Waals surface area contributed by atoms with Crippen molar-refractivity contribution in [2.75, 3.05) is 18.9 Å². The van der Waals surface area contributed by atoms with Crippen LogP contribution in [0.1, 0.15) is 20.8 Å². The molecule has 0 saturated carbocycles. The van der Waals surface area contributed by atoms with E-state index in [0.29, 0.717) is 24.1 Å². The predicted octanol–water partition coefficient (Wildman–Crippen LogP) is 1.50. The van der Waals surface area contributed by atoms with Gasteiger partial charge in [0.25, 0.3) is 0 Å². The monoisotopic (exact) mass is 269 g/mol. The molecule has 6 heteroatoms. The highest BCUT2D eigenvalue weighted by molar-refractivity contribution is 7.99. The van der Waals surface area contributed by atoms with Crippen molar-refractivity contribution in [3.63, 3.8) is 0 Å². The Bertz CT molecular complexity index is 375. The summed E-state index contributed by atoms with van der Waals surface area (Å²) in [5.41, 5.74) is -0.714. The van der Waals surface area contributed by atoms with Gasteiger partial charge in [-0.05, 0) is 26.5 Å². The Hall–Kier alpha value is -1.14. The second-order valence-electron chi connectivity index (χ2n) is 3.90. The van der Waals surface area contributed by atoms with Crippen LogP contribution in [0.25, 0.3) is 0 Å². The maximum Gasteiger partial charge on any atom is 0.326 e. The van der Waals surface area contributed by atoms with E-state index < -0.39 is 5.54 Å². The number of esters is 1. The molecule has 1 atom stereocenters. The molecule has 1 aromatic heterocycles. The summed E-state index contributed by atoms with van der Waals surface area (Å²) in [5.74, 6) is 0.291. The van der Waals surface area contributed by atoms with Gasteiger partial charge in [0.15, 0.2) is 5.16 Å². The van der Waals surface area contributed by atoms with Crippen LogP contribution in [0.4, 0.5) is 0 Å². The van der Waals surface area contributed by atoms with Crippen LogP contribution in [0.5, 0.6) is 0 Å². The van der Waals surface area contributed by atoms with E-state index in [1.54, 1.807) is 25.4 Å². The van der Waals surface area contributed by atoms with Crippen molar-refractivity contribution in [1.82, 2.24) is 15.3 Å². The number of nitrogens with zero attached hydrogens (tertiary/aromatic N) is 2. The van der Waals surface area contributed by atoms with Gasteiger partial charge in [-0.1, -0.05) is 18.7 Å². The quantitative estimate of drug-likeness (QED) is 0.460. The summed E-state index contributed by atoms with van der Waals surface area (Å²) >= 11 is 1.44. The second-order valence-corrected chi connectivity index (χ2v) is 4.85. The number of hydrogen-bond acceptors (Lipinski definition) is 6. The van der Waals surface area contributed by atoms with Gasteiger partial charge in [-0.2, -0.15) is 0 Å². The highest BCUT2D eigenvalue weighted by atomic mass is 32.2. The van der Waals surface area contributed by atoms with Crippen LogP contribution in [-0.4, -0.2) is 40.4 Å². The molecule has 0 fully saturated rings. The Morgan fingerprint density at radius 2 is 2.11 bits per heavy atom. The van der Waals surface area contributed by atoms with E-state index in [1.165, 1.54) is 11.8 Å². The zero-order chi connectivity index (χ0) is 13.4. The van der Waals surface area contributed by atoms with E-state index in [4.69, 9.17) is 4.74 Å². The van der Waals surface area contributed by atoms with Gasteiger partial charge in [0.05, 0.1) is 6.61 Å². The van der Waals surface area contributed by atoms with E-state index in [0.717, 1.165) is 0 Å². The molecule has 1 unspecified atom stereocenters. The van der Waals surface area contributed by atoms with Crippen molar-refractivity contribution in [1.29, 1.82) is 0 Å². The summed E-state index contributed by atoms with van der Waals surface area (Å²) in [4.78, 5) is 20.2. The third-order valence-corrected chi connectivity index (χ3v) is 3.52. The van der Waals surface area contributed by atoms with Crippen molar-refractivity contribution in [3.05, 3.63) is 18.5 Å². The number of carbonyl (C=O) groups excluding carboxylic acids is 1. The number of ether oxygens (including phenoxy) is 1. The Kier molecular flexibility index (Phi) is 6.07. The Morgan fingerprint density at radius 3 is 2.67 bits per heavy atom. The Balaban J connectivity index is 2.65. The van der Waals surface area contributed by atoms with Crippen LogP contribution in [-0.2, 0) is 9.53 Å². The molecule has 0 aliphatic carbocycles. The van der Waals surface area contributed by atoms with Crippen LogP contribution in [0, 0.1) is 0 Å². The van der Waals surface area contributed by atoms with E-state index >= 15 is 0 Å². The zero-order valence-electron chi connectivity index (χ0n) is 11.0. The van der Waals surface area contributed by atoms with Gasteiger partial charge >= 0.3 is 5.97 Å². The summed E-state index contributed by atoms with van der Waals surface area (Å²) in [6.07, 6.45) is 3.37. The lowest BCUT2D eigenvalue weighted by molar-refractivity contribution is -0.149. The minimum atomic E-state index is -0.714. The molecule has 0 radical (unpaired) electrons. The smallest absolute Gasteiger partial charge is 0.326 e. The number of aromatic nitrogens is 2. The topological polar surface area (TPSA) is 64.1 Å². The molecule has 1 heterocycles. The van der Waals surface area contributed by atoms with Gasteiger partial charge in [0.1, 0.15) is 5.54 Å². The highest BCUT2D eigenvalue weighted by Gasteiger charge is 2.34. The zero-order valence-corrected chi connectivity index (χ0v) is 11.8. The minimum Gasteiger partial charge on any atom is -0.465 e. The van der Waals surface area contributed by atoms with Crippen molar-refractivity contribution < 1.29 is 9.53 Å². The van der Waals surface area contributed by atoms with Gasteiger partial charge in [0, 0.05) is 18.1 Å². The largest absolute Gasteiger partial charge is 0.465 e. The standard InChI is InChI=1S/C12H19N3O2S/c1-4-15-12(3,10(16)17-5-2)9-18-11-13-7-6-8-14-11/h6-8,15H,4-5,9H2,1-3H3. The number of hydrogen-bond donors (Lipinski definition) is 1. The molecule has 1 rings (SSSR count). The van der Waals surface area contributed by atoms with Crippen molar-refractivity contribution >= 4 is 17.7 Å². The fraction of sp³-hybridized carbons (Fsp3) is 0.583. The average Bonchev–Trinajstić information content (AvgIpc) is 2.38. The molecule has 18 heavy (non-hydrogen) atoms. The summed E-state index contributed by atoms with van der Waals surface area (Å²) in [5, 5.41) is 3.82. The summed E-state index contributed by atoms with van der Waals surface area (Å²) in [7, 11) is 0. The molecule has 0 aromatic carbocycles. The van der Waals surface area contributed by atoms with Crippen LogP contribution in [0.2, 0.25) is 0 Å². The minimum absolute atomic E-state index is 0.240.